The summed E-state index contributed by atoms with van der Waals surface area (Å²) in [7, 11) is 0. The highest BCUT2D eigenvalue weighted by Gasteiger charge is 2.16. The lowest BCUT2D eigenvalue weighted by Gasteiger charge is -2.08. The number of fused-ring (bicyclic) bond motifs is 2. The zero-order valence-electron chi connectivity index (χ0n) is 14.7. The quantitative estimate of drug-likeness (QED) is 0.168. The van der Waals surface area contributed by atoms with Crippen molar-refractivity contribution in [2.24, 2.45) is 0 Å². The molecule has 0 N–H and O–H groups in total. The van der Waals surface area contributed by atoms with Gasteiger partial charge in [-0.05, 0) is 30.3 Å². The Morgan fingerprint density at radius 3 is 2.76 bits per heavy atom. The van der Waals surface area contributed by atoms with Gasteiger partial charge in [0, 0.05) is 18.2 Å². The molecule has 0 saturated heterocycles. The van der Waals surface area contributed by atoms with Crippen molar-refractivity contribution < 1.29 is 23.6 Å². The number of nitro groups is 1. The van der Waals surface area contributed by atoms with Crippen molar-refractivity contribution in [1.29, 1.82) is 0 Å². The lowest BCUT2D eigenvalue weighted by Crippen LogP contribution is -2.11. The predicted molar refractivity (Wildman–Crippen MR) is 101 cm³/mol. The van der Waals surface area contributed by atoms with Crippen LogP contribution in [0, 0.1) is 10.1 Å². The minimum atomic E-state index is -1.03. The van der Waals surface area contributed by atoms with Gasteiger partial charge in [0.15, 0.2) is 16.8 Å². The fourth-order valence-corrected chi connectivity index (χ4v) is 2.72. The fraction of sp³-hybridized carbons (Fsp3) is 0.0500. The Kier molecular flexibility index (Phi) is 4.62. The maximum absolute atomic E-state index is 12.0. The summed E-state index contributed by atoms with van der Waals surface area (Å²) in [6, 6.07) is 14.7. The summed E-state index contributed by atoms with van der Waals surface area (Å²) in [6.45, 7) is -0.313. The molecule has 1 heterocycles. The molecule has 0 atom stereocenters. The first-order valence-electron chi connectivity index (χ1n) is 8.41. The van der Waals surface area contributed by atoms with Crippen LogP contribution in [0.1, 0.15) is 5.56 Å². The Morgan fingerprint density at radius 1 is 1.10 bits per heavy atom. The monoisotopic (exact) mass is 392 g/mol. The molecule has 0 saturated carbocycles. The summed E-state index contributed by atoms with van der Waals surface area (Å²) in [5.41, 5.74) is 1.22. The first-order chi connectivity index (χ1) is 14.0. The van der Waals surface area contributed by atoms with Gasteiger partial charge in [-0.1, -0.05) is 12.1 Å². The smallest absolute Gasteiger partial charge is 0.453 e. The van der Waals surface area contributed by atoms with Crippen LogP contribution in [-0.2, 0) is 11.3 Å². The van der Waals surface area contributed by atoms with Crippen LogP contribution in [0.3, 0.4) is 0 Å². The molecule has 0 unspecified atom stereocenters. The molecular formula is C20H12N2O7. The van der Waals surface area contributed by atoms with Crippen LogP contribution in [-0.4, -0.2) is 16.1 Å². The van der Waals surface area contributed by atoms with E-state index in [1.165, 1.54) is 42.5 Å². The van der Waals surface area contributed by atoms with Crippen LogP contribution in [0.2, 0.25) is 0 Å². The number of nitrogens with zero attached hydrogens (tertiary/aromatic N) is 2. The number of carbonyl (C=O) groups excluding carboxylic acids is 1. The average molecular weight is 392 g/mol. The molecule has 29 heavy (non-hydrogen) atoms. The minimum absolute atomic E-state index is 0.133. The molecular weight excluding hydrogens is 380 g/mol. The molecule has 1 aliphatic heterocycles. The number of rotatable bonds is 4. The largest absolute Gasteiger partial charge is 0.514 e. The highest BCUT2D eigenvalue weighted by Crippen LogP contribution is 2.26. The van der Waals surface area contributed by atoms with Gasteiger partial charge >= 0.3 is 6.16 Å². The Bertz CT molecular complexity index is 1270. The molecule has 1 aliphatic carbocycles. The van der Waals surface area contributed by atoms with Crippen molar-refractivity contribution in [2.75, 3.05) is 0 Å². The average Bonchev–Trinajstić information content (AvgIpc) is 2.71. The van der Waals surface area contributed by atoms with Crippen molar-refractivity contribution in [3.8, 4) is 17.2 Å². The normalized spacial score (nSPS) is 10.8. The molecule has 0 radical (unpaired) electrons. The van der Waals surface area contributed by atoms with E-state index in [-0.39, 0.29) is 29.0 Å². The van der Waals surface area contributed by atoms with Crippen LogP contribution >= 0.6 is 0 Å². The number of hydrogen-bond donors (Lipinski definition) is 0. The molecule has 2 aliphatic rings. The highest BCUT2D eigenvalue weighted by molar-refractivity contribution is 5.78. The molecule has 0 fully saturated rings. The van der Waals surface area contributed by atoms with Crippen LogP contribution in [0.5, 0.6) is 5.75 Å². The number of carbonyl (C=O) groups is 1. The third kappa shape index (κ3) is 3.88. The fourth-order valence-electron chi connectivity index (χ4n) is 2.72. The van der Waals surface area contributed by atoms with Crippen LogP contribution < -0.4 is 10.2 Å². The second-order valence-corrected chi connectivity index (χ2v) is 6.00. The first-order valence-corrected chi connectivity index (χ1v) is 8.41. The summed E-state index contributed by atoms with van der Waals surface area (Å²) >= 11 is 0. The van der Waals surface area contributed by atoms with E-state index in [0.29, 0.717) is 22.6 Å². The molecule has 9 heteroatoms. The lowest BCUT2D eigenvalue weighted by atomic mass is 10.2. The van der Waals surface area contributed by atoms with Gasteiger partial charge in [-0.15, -0.1) is 0 Å². The number of aromatic nitrogens is 1. The van der Waals surface area contributed by atoms with Gasteiger partial charge < -0.3 is 13.9 Å². The van der Waals surface area contributed by atoms with Gasteiger partial charge in [0.1, 0.15) is 23.6 Å². The molecule has 0 amide bonds. The van der Waals surface area contributed by atoms with Gasteiger partial charge in [-0.3, -0.25) is 14.9 Å². The first kappa shape index (κ1) is 18.1. The van der Waals surface area contributed by atoms with Gasteiger partial charge in [0.2, 0.25) is 0 Å². The number of hydrogen-bond acceptors (Lipinski definition) is 8. The van der Waals surface area contributed by atoms with E-state index < -0.39 is 11.1 Å². The Labute approximate surface area is 162 Å². The number of benzene rings is 3. The molecule has 0 spiro atoms. The third-order valence-electron chi connectivity index (χ3n) is 4.06. The van der Waals surface area contributed by atoms with Crippen molar-refractivity contribution in [3.63, 3.8) is 0 Å². The maximum atomic E-state index is 12.0. The number of nitro benzene ring substituents is 1. The lowest BCUT2D eigenvalue weighted by molar-refractivity contribution is -0.385. The van der Waals surface area contributed by atoms with Crippen LogP contribution in [0.4, 0.5) is 10.5 Å². The molecule has 0 aromatic heterocycles. The second kappa shape index (κ2) is 7.39. The van der Waals surface area contributed by atoms with E-state index in [0.717, 1.165) is 0 Å². The number of para-hydroxylation sites is 1. The molecule has 9 nitrogen and oxygen atoms in total. The van der Waals surface area contributed by atoms with E-state index in [4.69, 9.17) is 13.9 Å². The van der Waals surface area contributed by atoms with Crippen molar-refractivity contribution in [1.82, 2.24) is 4.98 Å². The molecule has 4 rings (SSSR count). The standard InChI is InChI=1S/C20H12N2O7/c23-13-5-7-15-18(9-13)29-19-10-14(6-8-16(19)21-15)28-20(24)27-11-12-3-1-2-4-17(12)22(25)26/h1-10H,11H2. The van der Waals surface area contributed by atoms with Crippen molar-refractivity contribution >= 4 is 22.9 Å². The summed E-state index contributed by atoms with van der Waals surface area (Å²) in [5, 5.41) is 11.0. The summed E-state index contributed by atoms with van der Waals surface area (Å²) < 4.78 is 15.7. The van der Waals surface area contributed by atoms with Gasteiger partial charge in [-0.25, -0.2) is 9.78 Å². The van der Waals surface area contributed by atoms with E-state index in [1.54, 1.807) is 18.2 Å². The molecule has 0 bridgehead atoms. The second-order valence-electron chi connectivity index (χ2n) is 6.00. The Balaban J connectivity index is 1.51. The zero-order chi connectivity index (χ0) is 20.4. The third-order valence-corrected chi connectivity index (χ3v) is 4.06. The summed E-state index contributed by atoms with van der Waals surface area (Å²) in [5.74, 6) is 0.439. The van der Waals surface area contributed by atoms with Crippen molar-refractivity contribution in [2.45, 2.75) is 6.61 Å². The Morgan fingerprint density at radius 2 is 1.93 bits per heavy atom. The van der Waals surface area contributed by atoms with Gasteiger partial charge in [-0.2, -0.15) is 0 Å². The topological polar surface area (TPSA) is 122 Å². The van der Waals surface area contributed by atoms with Crippen molar-refractivity contribution in [3.05, 3.63) is 86.6 Å². The van der Waals surface area contributed by atoms with Gasteiger partial charge in [0.25, 0.3) is 5.69 Å². The van der Waals surface area contributed by atoms with E-state index in [1.807, 2.05) is 0 Å². The summed E-state index contributed by atoms with van der Waals surface area (Å²) in [4.78, 5) is 38.2. The summed E-state index contributed by atoms with van der Waals surface area (Å²) in [6.07, 6.45) is -1.03. The SMILES string of the molecule is O=C(OCc1ccccc1[N+](=O)[O-])Oc1ccc2nc3ccc(=O)cc-3oc2c1. The number of ether oxygens (including phenoxy) is 2. The van der Waals surface area contributed by atoms with Gasteiger partial charge in [0.05, 0.1) is 10.5 Å². The van der Waals surface area contributed by atoms with Crippen LogP contribution in [0.25, 0.3) is 22.6 Å². The predicted octanol–water partition coefficient (Wildman–Crippen LogP) is 3.92. The molecule has 144 valence electrons. The van der Waals surface area contributed by atoms with E-state index >= 15 is 0 Å². The molecule has 2 aromatic carbocycles. The van der Waals surface area contributed by atoms with E-state index in [9.17, 15) is 19.7 Å². The van der Waals surface area contributed by atoms with E-state index in [2.05, 4.69) is 4.98 Å². The Hall–Kier alpha value is -4.27. The zero-order valence-corrected chi connectivity index (χ0v) is 14.7. The highest BCUT2D eigenvalue weighted by atomic mass is 16.7. The molecule has 2 aromatic rings. The minimum Gasteiger partial charge on any atom is -0.453 e. The maximum Gasteiger partial charge on any atom is 0.514 e. The van der Waals surface area contributed by atoms with Crippen LogP contribution in [0.15, 0.2) is 69.9 Å².